The van der Waals surface area contributed by atoms with Crippen molar-refractivity contribution in [2.24, 2.45) is 5.92 Å². The van der Waals surface area contributed by atoms with Gasteiger partial charge in [-0.25, -0.2) is 4.98 Å². The molecule has 0 amide bonds. The van der Waals surface area contributed by atoms with Gasteiger partial charge in [0.2, 0.25) is 0 Å². The third-order valence-corrected chi connectivity index (χ3v) is 2.62. The van der Waals surface area contributed by atoms with Crippen molar-refractivity contribution in [2.75, 3.05) is 6.54 Å². The number of hydrogen-bond acceptors (Lipinski definition) is 2. The molecular weight excluding hydrogens is 184 g/mol. The molecule has 1 heterocycles. The molecular formula is C10H13ClN2. The number of hydrogen-bond donors (Lipinski definition) is 1. The molecule has 0 aromatic carbocycles. The molecule has 0 unspecified atom stereocenters. The molecule has 0 radical (unpaired) electrons. The molecule has 1 aliphatic carbocycles. The van der Waals surface area contributed by atoms with Gasteiger partial charge in [0, 0.05) is 18.3 Å². The summed E-state index contributed by atoms with van der Waals surface area (Å²) < 4.78 is 0. The second-order valence-corrected chi connectivity index (χ2v) is 3.89. The van der Waals surface area contributed by atoms with E-state index < -0.39 is 0 Å². The summed E-state index contributed by atoms with van der Waals surface area (Å²) >= 11 is 5.90. The molecule has 3 heteroatoms. The summed E-state index contributed by atoms with van der Waals surface area (Å²) in [6.45, 7) is 1.95. The number of pyridine rings is 1. The number of rotatable bonds is 4. The minimum absolute atomic E-state index is 0.616. The van der Waals surface area contributed by atoms with Crippen LogP contribution in [0.15, 0.2) is 18.3 Å². The number of aromatic nitrogens is 1. The molecule has 0 aliphatic heterocycles. The van der Waals surface area contributed by atoms with Crippen molar-refractivity contribution in [3.05, 3.63) is 29.0 Å². The highest BCUT2D eigenvalue weighted by atomic mass is 35.5. The van der Waals surface area contributed by atoms with Crippen molar-refractivity contribution in [3.63, 3.8) is 0 Å². The van der Waals surface area contributed by atoms with Crippen LogP contribution < -0.4 is 5.32 Å². The first-order valence-electron chi connectivity index (χ1n) is 4.66. The largest absolute Gasteiger partial charge is 0.312 e. The van der Waals surface area contributed by atoms with Crippen LogP contribution in [0.25, 0.3) is 0 Å². The zero-order chi connectivity index (χ0) is 9.10. The van der Waals surface area contributed by atoms with Crippen LogP contribution in [0, 0.1) is 5.92 Å². The lowest BCUT2D eigenvalue weighted by atomic mass is 10.3. The summed E-state index contributed by atoms with van der Waals surface area (Å²) in [5.74, 6) is 0.912. The van der Waals surface area contributed by atoms with Crippen LogP contribution in [0.4, 0.5) is 0 Å². The topological polar surface area (TPSA) is 24.9 Å². The minimum Gasteiger partial charge on any atom is -0.312 e. The first kappa shape index (κ1) is 8.97. The van der Waals surface area contributed by atoms with Gasteiger partial charge in [-0.15, -0.1) is 0 Å². The summed E-state index contributed by atoms with van der Waals surface area (Å²) in [4.78, 5) is 4.02. The zero-order valence-corrected chi connectivity index (χ0v) is 8.22. The molecule has 0 bridgehead atoms. The number of halogens is 1. The SMILES string of the molecule is Clc1ncccc1CNCC1CC1. The van der Waals surface area contributed by atoms with E-state index in [1.165, 1.54) is 12.8 Å². The molecule has 0 spiro atoms. The van der Waals surface area contributed by atoms with Crippen molar-refractivity contribution in [1.82, 2.24) is 10.3 Å². The Morgan fingerprint density at radius 1 is 1.54 bits per heavy atom. The predicted octanol–water partition coefficient (Wildman–Crippen LogP) is 2.23. The van der Waals surface area contributed by atoms with E-state index in [0.29, 0.717) is 5.15 Å². The Balaban J connectivity index is 1.82. The van der Waals surface area contributed by atoms with E-state index >= 15 is 0 Å². The van der Waals surface area contributed by atoms with Crippen LogP contribution in [-0.4, -0.2) is 11.5 Å². The van der Waals surface area contributed by atoms with Gasteiger partial charge in [-0.1, -0.05) is 17.7 Å². The van der Waals surface area contributed by atoms with Gasteiger partial charge in [0.1, 0.15) is 5.15 Å². The fraction of sp³-hybridized carbons (Fsp3) is 0.500. The van der Waals surface area contributed by atoms with Gasteiger partial charge < -0.3 is 5.32 Å². The second kappa shape index (κ2) is 4.07. The van der Waals surface area contributed by atoms with Gasteiger partial charge >= 0.3 is 0 Å². The van der Waals surface area contributed by atoms with E-state index in [0.717, 1.165) is 24.6 Å². The summed E-state index contributed by atoms with van der Waals surface area (Å²) in [5, 5.41) is 4.00. The molecule has 13 heavy (non-hydrogen) atoms. The summed E-state index contributed by atoms with van der Waals surface area (Å²) in [7, 11) is 0. The fourth-order valence-corrected chi connectivity index (χ4v) is 1.47. The Kier molecular flexibility index (Phi) is 2.81. The van der Waals surface area contributed by atoms with Crippen LogP contribution in [0.2, 0.25) is 5.15 Å². The molecule has 1 fully saturated rings. The Bertz CT molecular complexity index is 284. The molecule has 0 saturated heterocycles. The van der Waals surface area contributed by atoms with E-state index in [2.05, 4.69) is 10.3 Å². The van der Waals surface area contributed by atoms with Crippen molar-refractivity contribution in [3.8, 4) is 0 Å². The molecule has 0 atom stereocenters. The highest BCUT2D eigenvalue weighted by Crippen LogP contribution is 2.27. The van der Waals surface area contributed by atoms with E-state index in [1.54, 1.807) is 6.20 Å². The van der Waals surface area contributed by atoms with Crippen LogP contribution >= 0.6 is 11.6 Å². The van der Waals surface area contributed by atoms with Crippen LogP contribution in [0.1, 0.15) is 18.4 Å². The van der Waals surface area contributed by atoms with E-state index in [9.17, 15) is 0 Å². The maximum Gasteiger partial charge on any atom is 0.133 e. The van der Waals surface area contributed by atoms with Crippen LogP contribution in [0.5, 0.6) is 0 Å². The summed E-state index contributed by atoms with van der Waals surface area (Å²) in [6, 6.07) is 3.93. The fourth-order valence-electron chi connectivity index (χ4n) is 1.28. The molecule has 1 aromatic heterocycles. The van der Waals surface area contributed by atoms with Crippen LogP contribution in [-0.2, 0) is 6.54 Å². The average molecular weight is 197 g/mol. The number of nitrogens with one attached hydrogen (secondary N) is 1. The monoisotopic (exact) mass is 196 g/mol. The smallest absolute Gasteiger partial charge is 0.133 e. The van der Waals surface area contributed by atoms with E-state index in [-0.39, 0.29) is 0 Å². The first-order chi connectivity index (χ1) is 6.36. The van der Waals surface area contributed by atoms with Gasteiger partial charge in [-0.05, 0) is 31.4 Å². The lowest BCUT2D eigenvalue weighted by molar-refractivity contribution is 0.637. The van der Waals surface area contributed by atoms with Crippen molar-refractivity contribution >= 4 is 11.6 Å². The van der Waals surface area contributed by atoms with Crippen molar-refractivity contribution in [1.29, 1.82) is 0 Å². The zero-order valence-electron chi connectivity index (χ0n) is 7.46. The quantitative estimate of drug-likeness (QED) is 0.748. The Hall–Kier alpha value is -0.600. The average Bonchev–Trinajstić information content (AvgIpc) is 2.92. The van der Waals surface area contributed by atoms with Gasteiger partial charge in [0.15, 0.2) is 0 Å². The maximum absolute atomic E-state index is 5.90. The molecule has 70 valence electrons. The molecule has 1 saturated carbocycles. The van der Waals surface area contributed by atoms with Crippen molar-refractivity contribution < 1.29 is 0 Å². The Morgan fingerprint density at radius 2 is 2.38 bits per heavy atom. The third-order valence-electron chi connectivity index (χ3n) is 2.28. The highest BCUT2D eigenvalue weighted by molar-refractivity contribution is 6.30. The summed E-state index contributed by atoms with van der Waals surface area (Å²) in [5.41, 5.74) is 1.09. The Labute approximate surface area is 83.3 Å². The van der Waals surface area contributed by atoms with E-state index in [1.807, 2.05) is 12.1 Å². The predicted molar refractivity (Wildman–Crippen MR) is 53.7 cm³/mol. The molecule has 1 aromatic rings. The lowest BCUT2D eigenvalue weighted by Crippen LogP contribution is -2.16. The maximum atomic E-state index is 5.90. The van der Waals surface area contributed by atoms with Crippen LogP contribution in [0.3, 0.4) is 0 Å². The van der Waals surface area contributed by atoms with Gasteiger partial charge in [0.05, 0.1) is 0 Å². The molecule has 2 rings (SSSR count). The van der Waals surface area contributed by atoms with Gasteiger partial charge in [-0.3, -0.25) is 0 Å². The highest BCUT2D eigenvalue weighted by Gasteiger charge is 2.20. The normalized spacial score (nSPS) is 16.1. The second-order valence-electron chi connectivity index (χ2n) is 3.53. The lowest BCUT2D eigenvalue weighted by Gasteiger charge is -2.04. The standard InChI is InChI=1S/C10H13ClN2/c11-10-9(2-1-5-13-10)7-12-6-8-3-4-8/h1-2,5,8,12H,3-4,6-7H2. The summed E-state index contributed by atoms with van der Waals surface area (Å²) in [6.07, 6.45) is 4.48. The minimum atomic E-state index is 0.616. The van der Waals surface area contributed by atoms with Gasteiger partial charge in [0.25, 0.3) is 0 Å². The third kappa shape index (κ3) is 2.68. The van der Waals surface area contributed by atoms with Crippen molar-refractivity contribution in [2.45, 2.75) is 19.4 Å². The molecule has 1 aliphatic rings. The van der Waals surface area contributed by atoms with E-state index in [4.69, 9.17) is 11.6 Å². The van der Waals surface area contributed by atoms with Gasteiger partial charge in [-0.2, -0.15) is 0 Å². The number of nitrogens with zero attached hydrogens (tertiary/aromatic N) is 1. The molecule has 1 N–H and O–H groups in total. The Morgan fingerprint density at radius 3 is 3.08 bits per heavy atom. The molecule has 2 nitrogen and oxygen atoms in total. The first-order valence-corrected chi connectivity index (χ1v) is 5.04.